The van der Waals surface area contributed by atoms with Crippen LogP contribution in [0, 0.1) is 6.92 Å². The van der Waals surface area contributed by atoms with Crippen molar-refractivity contribution in [3.8, 4) is 0 Å². The minimum absolute atomic E-state index is 0.757. The van der Waals surface area contributed by atoms with E-state index in [1.807, 2.05) is 11.6 Å². The average Bonchev–Trinajstić information content (AvgIpc) is 2.36. The van der Waals surface area contributed by atoms with Gasteiger partial charge in [-0.15, -0.1) is 0 Å². The number of methoxy groups -OCH3 is 1. The van der Waals surface area contributed by atoms with E-state index >= 15 is 0 Å². The Balaban J connectivity index is 2.46. The summed E-state index contributed by atoms with van der Waals surface area (Å²) in [5.74, 6) is 0. The van der Waals surface area contributed by atoms with Crippen molar-refractivity contribution in [1.82, 2.24) is 9.78 Å². The van der Waals surface area contributed by atoms with Crippen LogP contribution in [0.4, 0.5) is 5.69 Å². The highest BCUT2D eigenvalue weighted by Gasteiger charge is 2.00. The second-order valence-electron chi connectivity index (χ2n) is 2.75. The van der Waals surface area contributed by atoms with Gasteiger partial charge >= 0.3 is 0 Å². The third kappa shape index (κ3) is 1.98. The number of rotatable bonds is 4. The van der Waals surface area contributed by atoms with Gasteiger partial charge in [0.2, 0.25) is 0 Å². The Hall–Kier alpha value is -1.03. The zero-order valence-corrected chi connectivity index (χ0v) is 7.58. The second kappa shape index (κ2) is 4.11. The highest BCUT2D eigenvalue weighted by molar-refractivity contribution is 5.39. The molecule has 0 spiro atoms. The molecule has 4 nitrogen and oxygen atoms in total. The first kappa shape index (κ1) is 9.06. The van der Waals surface area contributed by atoms with Gasteiger partial charge in [-0.1, -0.05) is 0 Å². The molecular weight excluding hydrogens is 154 g/mol. The Morgan fingerprint density at radius 1 is 1.67 bits per heavy atom. The van der Waals surface area contributed by atoms with E-state index in [9.17, 15) is 0 Å². The fourth-order valence-corrected chi connectivity index (χ4v) is 1.05. The second-order valence-corrected chi connectivity index (χ2v) is 2.75. The van der Waals surface area contributed by atoms with Gasteiger partial charge in [-0.3, -0.25) is 4.68 Å². The minimum atomic E-state index is 0.757. The van der Waals surface area contributed by atoms with E-state index in [0.717, 1.165) is 31.0 Å². The first-order valence-corrected chi connectivity index (χ1v) is 4.02. The van der Waals surface area contributed by atoms with Crippen LogP contribution in [0.3, 0.4) is 0 Å². The van der Waals surface area contributed by atoms with Crippen LogP contribution in [-0.2, 0) is 11.3 Å². The lowest BCUT2D eigenvalue weighted by molar-refractivity contribution is 0.189. The van der Waals surface area contributed by atoms with Crippen molar-refractivity contribution in [2.45, 2.75) is 19.9 Å². The Kier molecular flexibility index (Phi) is 3.10. The van der Waals surface area contributed by atoms with E-state index in [1.165, 1.54) is 0 Å². The summed E-state index contributed by atoms with van der Waals surface area (Å²) in [5, 5.41) is 4.12. The molecule has 0 radical (unpaired) electrons. The number of aromatic nitrogens is 2. The van der Waals surface area contributed by atoms with Gasteiger partial charge in [-0.05, 0) is 13.3 Å². The van der Waals surface area contributed by atoms with E-state index in [1.54, 1.807) is 13.3 Å². The number of nitrogens with zero attached hydrogens (tertiary/aromatic N) is 2. The van der Waals surface area contributed by atoms with Crippen molar-refractivity contribution in [3.63, 3.8) is 0 Å². The molecule has 2 N–H and O–H groups in total. The number of aryl methyl sites for hydroxylation is 1. The third-order valence-corrected chi connectivity index (χ3v) is 1.86. The summed E-state index contributed by atoms with van der Waals surface area (Å²) in [7, 11) is 1.70. The average molecular weight is 169 g/mol. The molecule has 0 amide bonds. The van der Waals surface area contributed by atoms with Crippen LogP contribution in [0.1, 0.15) is 12.1 Å². The van der Waals surface area contributed by atoms with Crippen molar-refractivity contribution >= 4 is 5.69 Å². The summed E-state index contributed by atoms with van der Waals surface area (Å²) < 4.78 is 6.84. The topological polar surface area (TPSA) is 53.1 Å². The SMILES string of the molecule is COCCCn1ncc(N)c1C. The van der Waals surface area contributed by atoms with Crippen molar-refractivity contribution in [2.24, 2.45) is 0 Å². The van der Waals surface area contributed by atoms with Crippen molar-refractivity contribution in [1.29, 1.82) is 0 Å². The maximum absolute atomic E-state index is 5.63. The zero-order chi connectivity index (χ0) is 8.97. The normalized spacial score (nSPS) is 10.5. The van der Waals surface area contributed by atoms with Gasteiger partial charge in [0.15, 0.2) is 0 Å². The highest BCUT2D eigenvalue weighted by atomic mass is 16.5. The summed E-state index contributed by atoms with van der Waals surface area (Å²) in [4.78, 5) is 0. The monoisotopic (exact) mass is 169 g/mol. The Bertz CT molecular complexity index is 244. The molecule has 0 fully saturated rings. The van der Waals surface area contributed by atoms with Crippen molar-refractivity contribution in [2.75, 3.05) is 19.5 Å². The molecule has 0 aliphatic rings. The Morgan fingerprint density at radius 3 is 2.92 bits per heavy atom. The summed E-state index contributed by atoms with van der Waals surface area (Å²) in [6, 6.07) is 0. The van der Waals surface area contributed by atoms with Gasteiger partial charge in [-0.25, -0.2) is 0 Å². The molecule has 1 heterocycles. The first-order chi connectivity index (χ1) is 5.75. The molecular formula is C8H15N3O. The van der Waals surface area contributed by atoms with Crippen molar-refractivity contribution in [3.05, 3.63) is 11.9 Å². The maximum atomic E-state index is 5.63. The predicted molar refractivity (Wildman–Crippen MR) is 47.9 cm³/mol. The van der Waals surface area contributed by atoms with Gasteiger partial charge in [0.05, 0.1) is 17.6 Å². The Morgan fingerprint density at radius 2 is 2.42 bits per heavy atom. The molecule has 0 unspecified atom stereocenters. The number of ether oxygens (including phenoxy) is 1. The standard InChI is InChI=1S/C8H15N3O/c1-7-8(9)6-10-11(7)4-3-5-12-2/h6H,3-5,9H2,1-2H3. The molecule has 0 saturated carbocycles. The Labute approximate surface area is 72.3 Å². The fourth-order valence-electron chi connectivity index (χ4n) is 1.05. The first-order valence-electron chi connectivity index (χ1n) is 4.02. The van der Waals surface area contributed by atoms with Crippen LogP contribution in [0.25, 0.3) is 0 Å². The molecule has 1 aromatic heterocycles. The quantitative estimate of drug-likeness (QED) is 0.678. The lowest BCUT2D eigenvalue weighted by Crippen LogP contribution is -2.05. The summed E-state index contributed by atoms with van der Waals surface area (Å²) in [6.07, 6.45) is 2.65. The van der Waals surface area contributed by atoms with Crippen LogP contribution < -0.4 is 5.73 Å². The summed E-state index contributed by atoms with van der Waals surface area (Å²) in [6.45, 7) is 3.60. The highest BCUT2D eigenvalue weighted by Crippen LogP contribution is 2.08. The van der Waals surface area contributed by atoms with Gasteiger partial charge in [0.1, 0.15) is 0 Å². The van der Waals surface area contributed by atoms with E-state index in [4.69, 9.17) is 10.5 Å². The molecule has 0 bridgehead atoms. The predicted octanol–water partition coefficient (Wildman–Crippen LogP) is 0.810. The molecule has 0 aromatic carbocycles. The lowest BCUT2D eigenvalue weighted by atomic mass is 10.4. The van der Waals surface area contributed by atoms with Crippen LogP contribution in [0.2, 0.25) is 0 Å². The largest absolute Gasteiger partial charge is 0.396 e. The van der Waals surface area contributed by atoms with E-state index in [-0.39, 0.29) is 0 Å². The molecule has 0 aliphatic carbocycles. The van der Waals surface area contributed by atoms with Crippen LogP contribution in [0.5, 0.6) is 0 Å². The fraction of sp³-hybridized carbons (Fsp3) is 0.625. The minimum Gasteiger partial charge on any atom is -0.396 e. The molecule has 0 atom stereocenters. The zero-order valence-electron chi connectivity index (χ0n) is 7.58. The van der Waals surface area contributed by atoms with E-state index in [0.29, 0.717) is 0 Å². The van der Waals surface area contributed by atoms with E-state index < -0.39 is 0 Å². The summed E-state index contributed by atoms with van der Waals surface area (Å²) >= 11 is 0. The maximum Gasteiger partial charge on any atom is 0.0730 e. The lowest BCUT2D eigenvalue weighted by Gasteiger charge is -2.03. The third-order valence-electron chi connectivity index (χ3n) is 1.86. The van der Waals surface area contributed by atoms with Crippen LogP contribution in [-0.4, -0.2) is 23.5 Å². The molecule has 4 heteroatoms. The summed E-state index contributed by atoms with van der Waals surface area (Å²) in [5.41, 5.74) is 7.42. The number of anilines is 1. The van der Waals surface area contributed by atoms with E-state index in [2.05, 4.69) is 5.10 Å². The van der Waals surface area contributed by atoms with Gasteiger partial charge in [0, 0.05) is 20.3 Å². The van der Waals surface area contributed by atoms with Crippen LogP contribution >= 0.6 is 0 Å². The number of nitrogens with two attached hydrogens (primary N) is 1. The number of nitrogen functional groups attached to an aromatic ring is 1. The molecule has 12 heavy (non-hydrogen) atoms. The molecule has 0 aliphatic heterocycles. The molecule has 1 rings (SSSR count). The van der Waals surface area contributed by atoms with Gasteiger partial charge in [-0.2, -0.15) is 5.10 Å². The number of hydrogen-bond donors (Lipinski definition) is 1. The van der Waals surface area contributed by atoms with Crippen LogP contribution in [0.15, 0.2) is 6.20 Å². The van der Waals surface area contributed by atoms with Crippen molar-refractivity contribution < 1.29 is 4.74 Å². The smallest absolute Gasteiger partial charge is 0.0730 e. The molecule has 0 saturated heterocycles. The molecule has 1 aromatic rings. The van der Waals surface area contributed by atoms with Gasteiger partial charge in [0.25, 0.3) is 0 Å². The number of hydrogen-bond acceptors (Lipinski definition) is 3. The van der Waals surface area contributed by atoms with Gasteiger partial charge < -0.3 is 10.5 Å². The molecule has 68 valence electrons.